The molecule has 0 bridgehead atoms. The molecule has 33 heavy (non-hydrogen) atoms. The van der Waals surface area contributed by atoms with E-state index >= 15 is 4.39 Å². The highest BCUT2D eigenvalue weighted by atomic mass is 19.1. The van der Waals surface area contributed by atoms with Gasteiger partial charge in [-0.3, -0.25) is 4.40 Å². The highest BCUT2D eigenvalue weighted by Gasteiger charge is 2.31. The lowest BCUT2D eigenvalue weighted by atomic mass is 9.89. The summed E-state index contributed by atoms with van der Waals surface area (Å²) in [4.78, 5) is 6.76. The number of hydrogen-bond donors (Lipinski definition) is 0. The smallest absolute Gasteiger partial charge is 0.257 e. The lowest BCUT2D eigenvalue weighted by Crippen LogP contribution is -2.38. The normalized spacial score (nSPS) is 17.2. The Balaban J connectivity index is 1.57. The van der Waals surface area contributed by atoms with Crippen molar-refractivity contribution >= 4 is 28.2 Å². The van der Waals surface area contributed by atoms with Crippen LogP contribution >= 0.6 is 0 Å². The van der Waals surface area contributed by atoms with Gasteiger partial charge in [-0.1, -0.05) is 24.0 Å². The van der Waals surface area contributed by atoms with E-state index in [2.05, 4.69) is 29.0 Å². The van der Waals surface area contributed by atoms with Crippen LogP contribution in [0.15, 0.2) is 36.4 Å². The highest BCUT2D eigenvalue weighted by molar-refractivity contribution is 5.94. The van der Waals surface area contributed by atoms with Crippen LogP contribution in [0.5, 0.6) is 0 Å². The summed E-state index contributed by atoms with van der Waals surface area (Å²) in [7, 11) is 0. The molecule has 0 N–H and O–H groups in total. The predicted molar refractivity (Wildman–Crippen MR) is 122 cm³/mol. The molecular weight excluding hydrogens is 421 g/mol. The predicted octanol–water partition coefficient (Wildman–Crippen LogP) is 3.78. The molecule has 0 unspecified atom stereocenters. The summed E-state index contributed by atoms with van der Waals surface area (Å²) >= 11 is 0. The van der Waals surface area contributed by atoms with Gasteiger partial charge in [0.05, 0.1) is 42.7 Å². The second kappa shape index (κ2) is 7.51. The Morgan fingerprint density at radius 2 is 1.94 bits per heavy atom. The zero-order chi connectivity index (χ0) is 22.6. The van der Waals surface area contributed by atoms with Gasteiger partial charge < -0.3 is 14.4 Å². The fourth-order valence-corrected chi connectivity index (χ4v) is 4.44. The van der Waals surface area contributed by atoms with Crippen molar-refractivity contribution in [2.75, 3.05) is 31.3 Å². The van der Waals surface area contributed by atoms with Crippen molar-refractivity contribution in [2.45, 2.75) is 20.5 Å². The van der Waals surface area contributed by atoms with Crippen molar-refractivity contribution in [1.82, 2.24) is 19.6 Å². The molecule has 0 spiro atoms. The monoisotopic (exact) mass is 443 g/mol. The Labute approximate surface area is 190 Å². The number of nitrogens with zero attached hydrogens (tertiary/aromatic N) is 5. The zero-order valence-electron chi connectivity index (χ0n) is 18.4. The molecule has 4 heterocycles. The Hall–Kier alpha value is -3.54. The van der Waals surface area contributed by atoms with Crippen molar-refractivity contribution in [1.29, 1.82) is 0 Å². The summed E-state index contributed by atoms with van der Waals surface area (Å²) in [6.07, 6.45) is 0. The van der Waals surface area contributed by atoms with Crippen LogP contribution in [0.25, 0.3) is 16.7 Å². The number of aryl methyl sites for hydroxylation is 1. The average molecular weight is 443 g/mol. The molecular formula is C25H22FN5O2. The molecule has 7 nitrogen and oxygen atoms in total. The minimum Gasteiger partial charge on any atom is -0.378 e. The van der Waals surface area contributed by atoms with E-state index in [9.17, 15) is 0 Å². The maximum Gasteiger partial charge on any atom is 0.257 e. The second-order valence-corrected chi connectivity index (χ2v) is 8.76. The van der Waals surface area contributed by atoms with E-state index in [1.807, 2.05) is 36.1 Å². The van der Waals surface area contributed by atoms with Gasteiger partial charge in [0.25, 0.3) is 5.78 Å². The minimum absolute atomic E-state index is 0.120. The van der Waals surface area contributed by atoms with Crippen LogP contribution in [-0.2, 0) is 16.1 Å². The summed E-state index contributed by atoms with van der Waals surface area (Å²) in [5, 5.41) is 8.79. The second-order valence-electron chi connectivity index (χ2n) is 8.76. The van der Waals surface area contributed by atoms with Gasteiger partial charge in [0.15, 0.2) is 0 Å². The first-order valence-electron chi connectivity index (χ1n) is 10.9. The molecule has 8 heteroatoms. The van der Waals surface area contributed by atoms with E-state index < -0.39 is 0 Å². The molecule has 2 aromatic carbocycles. The average Bonchev–Trinajstić information content (AvgIpc) is 3.03. The standard InChI is InChI=1S/C25H22FN5O2/c1-16-28-29-24-27-23(22-19(26)6-4-8-21(22)31(16)24)30-11-12-32-13-18-17(5-3-7-20(18)30)9-10-25(2)14-33-15-25/h3-8H,11-15H2,1-2H3. The van der Waals surface area contributed by atoms with Crippen molar-refractivity contribution in [3.8, 4) is 11.8 Å². The Morgan fingerprint density at radius 1 is 1.09 bits per heavy atom. The maximum atomic E-state index is 15.2. The van der Waals surface area contributed by atoms with Gasteiger partial charge in [-0.15, -0.1) is 10.2 Å². The summed E-state index contributed by atoms with van der Waals surface area (Å²) in [6.45, 7) is 6.64. The third-order valence-electron chi connectivity index (χ3n) is 6.21. The molecule has 1 fully saturated rings. The summed E-state index contributed by atoms with van der Waals surface area (Å²) < 4.78 is 28.3. The molecule has 166 valence electrons. The summed E-state index contributed by atoms with van der Waals surface area (Å²) in [6, 6.07) is 11.0. The van der Waals surface area contributed by atoms with E-state index in [0.717, 1.165) is 16.8 Å². The molecule has 2 aliphatic rings. The maximum absolute atomic E-state index is 15.2. The van der Waals surface area contributed by atoms with Gasteiger partial charge in [0.1, 0.15) is 17.5 Å². The fraction of sp³-hybridized carbons (Fsp3) is 0.320. The Bertz CT molecular complexity index is 1460. The molecule has 0 saturated carbocycles. The number of halogens is 1. The first-order valence-corrected chi connectivity index (χ1v) is 10.9. The molecule has 6 rings (SSSR count). The van der Waals surface area contributed by atoms with Crippen molar-refractivity contribution < 1.29 is 13.9 Å². The van der Waals surface area contributed by atoms with Gasteiger partial charge in [-0.2, -0.15) is 4.98 Å². The lowest BCUT2D eigenvalue weighted by molar-refractivity contribution is -0.0648. The van der Waals surface area contributed by atoms with Gasteiger partial charge in [0, 0.05) is 23.4 Å². The van der Waals surface area contributed by atoms with E-state index in [4.69, 9.17) is 14.5 Å². The number of anilines is 2. The van der Waals surface area contributed by atoms with Crippen molar-refractivity contribution in [3.05, 3.63) is 59.2 Å². The van der Waals surface area contributed by atoms with Gasteiger partial charge >= 0.3 is 0 Å². The number of rotatable bonds is 1. The van der Waals surface area contributed by atoms with Crippen LogP contribution < -0.4 is 4.90 Å². The number of fused-ring (bicyclic) bond motifs is 4. The Kier molecular flexibility index (Phi) is 4.57. The van der Waals surface area contributed by atoms with Crippen LogP contribution in [0.3, 0.4) is 0 Å². The van der Waals surface area contributed by atoms with Crippen molar-refractivity contribution in [2.24, 2.45) is 5.41 Å². The van der Waals surface area contributed by atoms with Gasteiger partial charge in [-0.25, -0.2) is 4.39 Å². The topological polar surface area (TPSA) is 64.8 Å². The summed E-state index contributed by atoms with van der Waals surface area (Å²) in [5.41, 5.74) is 3.34. The van der Waals surface area contributed by atoms with Gasteiger partial charge in [0.2, 0.25) is 0 Å². The minimum atomic E-state index is -0.342. The molecule has 4 aromatic rings. The largest absolute Gasteiger partial charge is 0.378 e. The van der Waals surface area contributed by atoms with Gasteiger partial charge in [-0.05, 0) is 38.1 Å². The summed E-state index contributed by atoms with van der Waals surface area (Å²) in [5.74, 6) is 7.94. The van der Waals surface area contributed by atoms with Crippen LogP contribution in [0.4, 0.5) is 15.9 Å². The molecule has 1 saturated heterocycles. The highest BCUT2D eigenvalue weighted by Crippen LogP contribution is 2.37. The van der Waals surface area contributed by atoms with Crippen LogP contribution in [0, 0.1) is 30.0 Å². The molecule has 2 aliphatic heterocycles. The third-order valence-corrected chi connectivity index (χ3v) is 6.21. The quantitative estimate of drug-likeness (QED) is 0.417. The molecule has 0 radical (unpaired) electrons. The zero-order valence-corrected chi connectivity index (χ0v) is 18.4. The third kappa shape index (κ3) is 3.24. The Morgan fingerprint density at radius 3 is 2.76 bits per heavy atom. The SMILES string of the molecule is Cc1nnc2nc(N3CCOCc4c(C#CC5(C)COC5)cccc43)c3c(F)cccc3n12. The lowest BCUT2D eigenvalue weighted by Gasteiger charge is -2.32. The van der Waals surface area contributed by atoms with E-state index in [-0.39, 0.29) is 11.2 Å². The first-order chi connectivity index (χ1) is 16.0. The molecule has 0 atom stereocenters. The van der Waals surface area contributed by atoms with Crippen LogP contribution in [0.1, 0.15) is 23.9 Å². The van der Waals surface area contributed by atoms with E-state index in [0.29, 0.717) is 61.3 Å². The van der Waals surface area contributed by atoms with Crippen LogP contribution in [-0.4, -0.2) is 45.9 Å². The van der Waals surface area contributed by atoms with Crippen molar-refractivity contribution in [3.63, 3.8) is 0 Å². The number of aromatic nitrogens is 4. The first kappa shape index (κ1) is 20.1. The molecule has 2 aromatic heterocycles. The van der Waals surface area contributed by atoms with E-state index in [1.54, 1.807) is 10.5 Å². The number of ether oxygens (including phenoxy) is 2. The fourth-order valence-electron chi connectivity index (χ4n) is 4.44. The number of hydrogen-bond acceptors (Lipinski definition) is 6. The van der Waals surface area contributed by atoms with Crippen LogP contribution in [0.2, 0.25) is 0 Å². The molecule has 0 aliphatic carbocycles. The number of benzene rings is 2. The molecule has 0 amide bonds. The van der Waals surface area contributed by atoms with E-state index in [1.165, 1.54) is 6.07 Å².